The number of nitrogens with zero attached hydrogens (tertiary/aromatic N) is 3. The molecule has 1 aliphatic rings. The minimum Gasteiger partial charge on any atom is -0.481 e. The van der Waals surface area contributed by atoms with Crippen LogP contribution in [0.25, 0.3) is 11.5 Å². The van der Waals surface area contributed by atoms with E-state index in [0.29, 0.717) is 30.4 Å². The number of hydrogen-bond acceptors (Lipinski definition) is 7. The zero-order valence-corrected chi connectivity index (χ0v) is 17.7. The molecular weight excluding hydrogens is 420 g/mol. The van der Waals surface area contributed by atoms with Crippen molar-refractivity contribution in [1.29, 1.82) is 0 Å². The van der Waals surface area contributed by atoms with Crippen molar-refractivity contribution in [3.8, 4) is 17.2 Å². The summed E-state index contributed by atoms with van der Waals surface area (Å²) in [5.41, 5.74) is 1.23. The number of amides is 1. The van der Waals surface area contributed by atoms with Crippen LogP contribution in [0.15, 0.2) is 64.2 Å². The van der Waals surface area contributed by atoms with E-state index in [4.69, 9.17) is 9.15 Å². The van der Waals surface area contributed by atoms with Crippen molar-refractivity contribution in [3.05, 3.63) is 54.9 Å². The number of carbonyl (C=O) groups is 1. The normalized spacial score (nSPS) is 15.5. The molecule has 0 spiro atoms. The summed E-state index contributed by atoms with van der Waals surface area (Å²) in [6, 6.07) is 13.1. The van der Waals surface area contributed by atoms with Crippen LogP contribution in [0.3, 0.4) is 0 Å². The van der Waals surface area contributed by atoms with Gasteiger partial charge in [0, 0.05) is 24.3 Å². The van der Waals surface area contributed by atoms with Gasteiger partial charge in [0.25, 0.3) is 5.91 Å². The molecule has 31 heavy (non-hydrogen) atoms. The molecule has 1 atom stereocenters. The summed E-state index contributed by atoms with van der Waals surface area (Å²) in [4.78, 5) is 12.7. The summed E-state index contributed by atoms with van der Waals surface area (Å²) in [5.74, 6) is 0.557. The lowest BCUT2D eigenvalue weighted by Crippen LogP contribution is -2.30. The first-order chi connectivity index (χ1) is 14.9. The number of sulfonamides is 1. The fourth-order valence-electron chi connectivity index (χ4n) is 3.26. The monoisotopic (exact) mass is 442 g/mol. The standard InChI is InChI=1S/C21H22N4O5S/c1-15(30-18-8-4-16(5-9-18)21-24-22-14-29-21)20(26)23-17-6-10-19(11-7-17)31(27,28)25-12-2-3-13-25/h4-11,14-15H,2-3,12-13H2,1H3,(H,23,26)/t15-/m0/s1. The highest BCUT2D eigenvalue weighted by Crippen LogP contribution is 2.23. The number of benzene rings is 2. The van der Waals surface area contributed by atoms with Crippen molar-refractivity contribution in [2.45, 2.75) is 30.8 Å². The summed E-state index contributed by atoms with van der Waals surface area (Å²) in [7, 11) is -3.48. The number of nitrogens with one attached hydrogen (secondary N) is 1. The van der Waals surface area contributed by atoms with Gasteiger partial charge in [0.1, 0.15) is 5.75 Å². The van der Waals surface area contributed by atoms with Crippen LogP contribution in [-0.2, 0) is 14.8 Å². The molecule has 3 aromatic rings. The van der Waals surface area contributed by atoms with Gasteiger partial charge < -0.3 is 14.5 Å². The molecule has 0 unspecified atom stereocenters. The second kappa shape index (κ2) is 8.86. The molecule has 0 aliphatic carbocycles. The Bertz CT molecular complexity index is 1120. The van der Waals surface area contributed by atoms with Crippen molar-refractivity contribution >= 4 is 21.6 Å². The molecule has 0 radical (unpaired) electrons. The number of aromatic nitrogens is 2. The highest BCUT2D eigenvalue weighted by Gasteiger charge is 2.27. The Morgan fingerprint density at radius 3 is 2.39 bits per heavy atom. The van der Waals surface area contributed by atoms with Crippen molar-refractivity contribution in [1.82, 2.24) is 14.5 Å². The Labute approximate surface area is 180 Å². The van der Waals surface area contributed by atoms with Gasteiger partial charge in [-0.3, -0.25) is 4.79 Å². The Morgan fingerprint density at radius 2 is 1.77 bits per heavy atom. The molecule has 1 aromatic heterocycles. The van der Waals surface area contributed by atoms with Gasteiger partial charge in [0.2, 0.25) is 22.3 Å². The van der Waals surface area contributed by atoms with Crippen LogP contribution in [-0.4, -0.2) is 48.0 Å². The highest BCUT2D eigenvalue weighted by atomic mass is 32.2. The Hall–Kier alpha value is -3.24. The van der Waals surface area contributed by atoms with E-state index in [-0.39, 0.29) is 10.8 Å². The van der Waals surface area contributed by atoms with E-state index in [1.165, 1.54) is 22.8 Å². The maximum absolute atomic E-state index is 12.6. The van der Waals surface area contributed by atoms with Gasteiger partial charge in [-0.15, -0.1) is 10.2 Å². The lowest BCUT2D eigenvalue weighted by Gasteiger charge is -2.17. The van der Waals surface area contributed by atoms with E-state index in [1.54, 1.807) is 43.3 Å². The zero-order valence-electron chi connectivity index (χ0n) is 16.9. The molecule has 10 heteroatoms. The molecule has 0 bridgehead atoms. The van der Waals surface area contributed by atoms with Crippen molar-refractivity contribution in [2.24, 2.45) is 0 Å². The second-order valence-corrected chi connectivity index (χ2v) is 9.09. The third-order valence-electron chi connectivity index (χ3n) is 4.97. The van der Waals surface area contributed by atoms with Gasteiger partial charge in [-0.1, -0.05) is 0 Å². The van der Waals surface area contributed by atoms with E-state index < -0.39 is 16.1 Å². The Kier molecular flexibility index (Phi) is 6.01. The molecule has 1 aliphatic heterocycles. The molecule has 1 saturated heterocycles. The van der Waals surface area contributed by atoms with Crippen LogP contribution in [0.1, 0.15) is 19.8 Å². The second-order valence-electron chi connectivity index (χ2n) is 7.15. The van der Waals surface area contributed by atoms with Crippen LogP contribution in [0.2, 0.25) is 0 Å². The van der Waals surface area contributed by atoms with E-state index in [0.717, 1.165) is 18.4 Å². The van der Waals surface area contributed by atoms with Crippen molar-refractivity contribution in [3.63, 3.8) is 0 Å². The predicted octanol–water partition coefficient (Wildman–Crippen LogP) is 2.93. The molecular formula is C21H22N4O5S. The topological polar surface area (TPSA) is 115 Å². The first-order valence-corrected chi connectivity index (χ1v) is 11.3. The summed E-state index contributed by atoms with van der Waals surface area (Å²) >= 11 is 0. The van der Waals surface area contributed by atoms with E-state index in [1.807, 2.05) is 0 Å². The van der Waals surface area contributed by atoms with Crippen LogP contribution < -0.4 is 10.1 Å². The molecule has 1 N–H and O–H groups in total. The van der Waals surface area contributed by atoms with E-state index >= 15 is 0 Å². The zero-order chi connectivity index (χ0) is 21.8. The number of carbonyl (C=O) groups excluding carboxylic acids is 1. The maximum Gasteiger partial charge on any atom is 0.265 e. The Balaban J connectivity index is 1.35. The molecule has 2 heterocycles. The molecule has 1 amide bonds. The third-order valence-corrected chi connectivity index (χ3v) is 6.88. The quantitative estimate of drug-likeness (QED) is 0.598. The fourth-order valence-corrected chi connectivity index (χ4v) is 4.78. The minimum atomic E-state index is -3.48. The number of hydrogen-bond donors (Lipinski definition) is 1. The van der Waals surface area contributed by atoms with Crippen LogP contribution in [0.4, 0.5) is 5.69 Å². The lowest BCUT2D eigenvalue weighted by atomic mass is 10.2. The summed E-state index contributed by atoms with van der Waals surface area (Å²) in [6.07, 6.45) is 2.25. The van der Waals surface area contributed by atoms with Crippen molar-refractivity contribution in [2.75, 3.05) is 18.4 Å². The van der Waals surface area contributed by atoms with Crippen LogP contribution >= 0.6 is 0 Å². The van der Waals surface area contributed by atoms with Crippen LogP contribution in [0.5, 0.6) is 5.75 Å². The molecule has 2 aromatic carbocycles. The smallest absolute Gasteiger partial charge is 0.265 e. The van der Waals surface area contributed by atoms with Gasteiger partial charge >= 0.3 is 0 Å². The van der Waals surface area contributed by atoms with Gasteiger partial charge in [-0.05, 0) is 68.3 Å². The van der Waals surface area contributed by atoms with Gasteiger partial charge in [0.05, 0.1) is 4.90 Å². The van der Waals surface area contributed by atoms with Gasteiger partial charge in [-0.25, -0.2) is 8.42 Å². The van der Waals surface area contributed by atoms with Crippen LogP contribution in [0, 0.1) is 0 Å². The van der Waals surface area contributed by atoms with E-state index in [9.17, 15) is 13.2 Å². The number of ether oxygens (including phenoxy) is 1. The molecule has 162 valence electrons. The third kappa shape index (κ3) is 4.75. The van der Waals surface area contributed by atoms with E-state index in [2.05, 4.69) is 15.5 Å². The first kappa shape index (κ1) is 21.0. The summed E-state index contributed by atoms with van der Waals surface area (Å²) in [5, 5.41) is 10.2. The lowest BCUT2D eigenvalue weighted by molar-refractivity contribution is -0.122. The molecule has 9 nitrogen and oxygen atoms in total. The fraction of sp³-hybridized carbons (Fsp3) is 0.286. The average molecular weight is 442 g/mol. The first-order valence-electron chi connectivity index (χ1n) is 9.88. The average Bonchev–Trinajstić information content (AvgIpc) is 3.49. The molecule has 4 rings (SSSR count). The molecule has 1 fully saturated rings. The Morgan fingerprint density at radius 1 is 1.10 bits per heavy atom. The largest absolute Gasteiger partial charge is 0.481 e. The SMILES string of the molecule is C[C@H](Oc1ccc(-c2nnco2)cc1)C(=O)Nc1ccc(S(=O)(=O)N2CCCC2)cc1. The van der Waals surface area contributed by atoms with Crippen molar-refractivity contribution < 1.29 is 22.4 Å². The highest BCUT2D eigenvalue weighted by molar-refractivity contribution is 7.89. The molecule has 0 saturated carbocycles. The minimum absolute atomic E-state index is 0.220. The van der Waals surface area contributed by atoms with Gasteiger partial charge in [-0.2, -0.15) is 4.31 Å². The van der Waals surface area contributed by atoms with Gasteiger partial charge in [0.15, 0.2) is 6.10 Å². The summed E-state index contributed by atoms with van der Waals surface area (Å²) in [6.45, 7) is 2.73. The number of anilines is 1. The maximum atomic E-state index is 12.6. The summed E-state index contributed by atoms with van der Waals surface area (Å²) < 4.78 is 37.5. The number of rotatable bonds is 7. The predicted molar refractivity (Wildman–Crippen MR) is 113 cm³/mol.